The SMILES string of the molecule is CC=C(Cl)C(=C(C)Cl)C(O)C(C)O. The average molecular weight is 225 g/mol. The van der Waals surface area contributed by atoms with Crippen molar-refractivity contribution in [1.29, 1.82) is 0 Å². The molecule has 2 nitrogen and oxygen atoms in total. The van der Waals surface area contributed by atoms with E-state index in [1.54, 1.807) is 19.9 Å². The van der Waals surface area contributed by atoms with Crippen molar-refractivity contribution in [3.63, 3.8) is 0 Å². The third-order valence-corrected chi connectivity index (χ3v) is 2.26. The Kier molecular flexibility index (Phi) is 5.65. The maximum absolute atomic E-state index is 9.54. The van der Waals surface area contributed by atoms with Gasteiger partial charge >= 0.3 is 0 Å². The monoisotopic (exact) mass is 224 g/mol. The van der Waals surface area contributed by atoms with Gasteiger partial charge < -0.3 is 10.2 Å². The zero-order valence-electron chi connectivity index (χ0n) is 7.88. The highest BCUT2D eigenvalue weighted by atomic mass is 35.5. The van der Waals surface area contributed by atoms with Crippen LogP contribution in [0.1, 0.15) is 20.8 Å². The number of aliphatic hydroxyl groups excluding tert-OH is 2. The van der Waals surface area contributed by atoms with Crippen molar-refractivity contribution >= 4 is 23.2 Å². The number of allylic oxidation sites excluding steroid dienone is 2. The van der Waals surface area contributed by atoms with E-state index in [1.165, 1.54) is 6.92 Å². The van der Waals surface area contributed by atoms with Gasteiger partial charge in [0.2, 0.25) is 0 Å². The number of hydrogen-bond acceptors (Lipinski definition) is 2. The molecule has 0 fully saturated rings. The van der Waals surface area contributed by atoms with E-state index in [4.69, 9.17) is 28.3 Å². The molecule has 4 heteroatoms. The fourth-order valence-electron chi connectivity index (χ4n) is 0.906. The minimum atomic E-state index is -1.04. The number of rotatable bonds is 3. The lowest BCUT2D eigenvalue weighted by Crippen LogP contribution is -2.25. The van der Waals surface area contributed by atoms with E-state index in [0.717, 1.165) is 0 Å². The zero-order valence-corrected chi connectivity index (χ0v) is 9.39. The molecule has 0 aliphatic rings. The maximum Gasteiger partial charge on any atom is 0.107 e. The first kappa shape index (κ1) is 13.0. The molecule has 0 radical (unpaired) electrons. The third kappa shape index (κ3) is 3.69. The molecule has 0 saturated heterocycles. The number of hydrogen-bond donors (Lipinski definition) is 2. The van der Waals surface area contributed by atoms with Gasteiger partial charge in [0.1, 0.15) is 6.10 Å². The Balaban J connectivity index is 4.97. The van der Waals surface area contributed by atoms with Crippen LogP contribution in [0.2, 0.25) is 0 Å². The summed E-state index contributed by atoms with van der Waals surface area (Å²) in [6.45, 7) is 4.83. The topological polar surface area (TPSA) is 40.5 Å². The van der Waals surface area contributed by atoms with Gasteiger partial charge in [0, 0.05) is 15.6 Å². The van der Waals surface area contributed by atoms with Crippen molar-refractivity contribution in [2.45, 2.75) is 33.0 Å². The van der Waals surface area contributed by atoms with Gasteiger partial charge in [0.05, 0.1) is 6.10 Å². The van der Waals surface area contributed by atoms with E-state index < -0.39 is 12.2 Å². The van der Waals surface area contributed by atoms with Gasteiger partial charge in [-0.1, -0.05) is 29.3 Å². The minimum Gasteiger partial charge on any atom is -0.390 e. The number of aliphatic hydroxyl groups is 2. The van der Waals surface area contributed by atoms with E-state index in [1.807, 2.05) is 0 Å². The summed E-state index contributed by atoms with van der Waals surface area (Å²) in [5.74, 6) is 0. The van der Waals surface area contributed by atoms with Crippen LogP contribution in [0.15, 0.2) is 21.7 Å². The first-order valence-electron chi connectivity index (χ1n) is 3.96. The van der Waals surface area contributed by atoms with Crippen LogP contribution in [0.5, 0.6) is 0 Å². The second-order valence-corrected chi connectivity index (χ2v) is 3.74. The molecule has 76 valence electrons. The van der Waals surface area contributed by atoms with Crippen LogP contribution < -0.4 is 0 Å². The predicted molar refractivity (Wildman–Crippen MR) is 55.9 cm³/mol. The second kappa shape index (κ2) is 5.66. The van der Waals surface area contributed by atoms with Gasteiger partial charge in [-0.3, -0.25) is 0 Å². The Morgan fingerprint density at radius 3 is 2.00 bits per heavy atom. The van der Waals surface area contributed by atoms with E-state index in [2.05, 4.69) is 0 Å². The van der Waals surface area contributed by atoms with Crippen LogP contribution in [0.4, 0.5) is 0 Å². The molecule has 0 amide bonds. The standard InChI is InChI=1S/C9H14Cl2O2/c1-4-7(11)8(5(2)10)9(13)6(3)12/h4,6,9,12-13H,1-3H3. The van der Waals surface area contributed by atoms with Crippen LogP contribution in [0, 0.1) is 0 Å². The molecule has 0 spiro atoms. The molecule has 0 heterocycles. The Morgan fingerprint density at radius 2 is 1.77 bits per heavy atom. The summed E-state index contributed by atoms with van der Waals surface area (Å²) in [5.41, 5.74) is 0.376. The molecule has 0 aromatic carbocycles. The minimum absolute atomic E-state index is 0.362. The smallest absolute Gasteiger partial charge is 0.107 e. The highest BCUT2D eigenvalue weighted by Gasteiger charge is 2.20. The first-order valence-corrected chi connectivity index (χ1v) is 4.72. The highest BCUT2D eigenvalue weighted by Crippen LogP contribution is 2.25. The highest BCUT2D eigenvalue weighted by molar-refractivity contribution is 6.35. The zero-order chi connectivity index (χ0) is 10.6. The Morgan fingerprint density at radius 1 is 1.31 bits per heavy atom. The summed E-state index contributed by atoms with van der Waals surface area (Å²) in [7, 11) is 0. The van der Waals surface area contributed by atoms with Crippen LogP contribution in [-0.2, 0) is 0 Å². The van der Waals surface area contributed by atoms with E-state index in [-0.39, 0.29) is 0 Å². The molecule has 2 N–H and O–H groups in total. The fraction of sp³-hybridized carbons (Fsp3) is 0.556. The van der Waals surface area contributed by atoms with Gasteiger partial charge in [-0.2, -0.15) is 0 Å². The Labute approximate surface area is 88.5 Å². The molecular weight excluding hydrogens is 211 g/mol. The summed E-state index contributed by atoms with van der Waals surface area (Å²) in [6.07, 6.45) is -0.312. The predicted octanol–water partition coefficient (Wildman–Crippen LogP) is 2.38. The molecule has 0 rings (SSSR count). The van der Waals surface area contributed by atoms with Crippen molar-refractivity contribution < 1.29 is 10.2 Å². The fourth-order valence-corrected chi connectivity index (χ4v) is 1.42. The molecule has 0 bridgehead atoms. The lowest BCUT2D eigenvalue weighted by atomic mass is 10.0. The lowest BCUT2D eigenvalue weighted by molar-refractivity contribution is 0.0562. The van der Waals surface area contributed by atoms with Crippen molar-refractivity contribution in [2.24, 2.45) is 0 Å². The van der Waals surface area contributed by atoms with Gasteiger partial charge in [0.15, 0.2) is 0 Å². The van der Waals surface area contributed by atoms with Crippen LogP contribution in [0.3, 0.4) is 0 Å². The third-order valence-electron chi connectivity index (χ3n) is 1.63. The van der Waals surface area contributed by atoms with E-state index >= 15 is 0 Å². The molecule has 2 unspecified atom stereocenters. The van der Waals surface area contributed by atoms with Gasteiger partial charge in [-0.25, -0.2) is 0 Å². The van der Waals surface area contributed by atoms with Gasteiger partial charge in [-0.15, -0.1) is 0 Å². The van der Waals surface area contributed by atoms with Crippen LogP contribution >= 0.6 is 23.2 Å². The van der Waals surface area contributed by atoms with Crippen molar-refractivity contribution in [3.05, 3.63) is 21.7 Å². The normalized spacial score (nSPS) is 19.5. The molecule has 0 aromatic heterocycles. The summed E-state index contributed by atoms with van der Waals surface area (Å²) in [6, 6.07) is 0. The van der Waals surface area contributed by atoms with Crippen LogP contribution in [0.25, 0.3) is 0 Å². The van der Waals surface area contributed by atoms with Gasteiger partial charge in [0.25, 0.3) is 0 Å². The quantitative estimate of drug-likeness (QED) is 0.724. The lowest BCUT2D eigenvalue weighted by Gasteiger charge is -2.17. The molecule has 0 aromatic rings. The van der Waals surface area contributed by atoms with Crippen LogP contribution in [-0.4, -0.2) is 22.4 Å². The van der Waals surface area contributed by atoms with E-state index in [0.29, 0.717) is 15.6 Å². The Hall–Kier alpha value is -0.0200. The van der Waals surface area contributed by atoms with E-state index in [9.17, 15) is 5.11 Å². The first-order chi connectivity index (χ1) is 5.91. The molecule has 2 atom stereocenters. The summed E-state index contributed by atoms with van der Waals surface area (Å²) >= 11 is 11.6. The average Bonchev–Trinajstić information content (AvgIpc) is 2.03. The Bertz CT molecular complexity index is 228. The molecule has 13 heavy (non-hydrogen) atoms. The molecule has 0 aliphatic heterocycles. The molecule has 0 saturated carbocycles. The summed E-state index contributed by atoms with van der Waals surface area (Å²) < 4.78 is 0. The summed E-state index contributed by atoms with van der Waals surface area (Å²) in [4.78, 5) is 0. The maximum atomic E-state index is 9.54. The van der Waals surface area contributed by atoms with Gasteiger partial charge in [-0.05, 0) is 20.8 Å². The molecule has 0 aliphatic carbocycles. The van der Waals surface area contributed by atoms with Crippen molar-refractivity contribution in [3.8, 4) is 0 Å². The largest absolute Gasteiger partial charge is 0.390 e. The number of halogens is 2. The second-order valence-electron chi connectivity index (χ2n) is 2.77. The van der Waals surface area contributed by atoms with Crippen molar-refractivity contribution in [1.82, 2.24) is 0 Å². The summed E-state index contributed by atoms with van der Waals surface area (Å²) in [5, 5.41) is 19.4. The van der Waals surface area contributed by atoms with Crippen molar-refractivity contribution in [2.75, 3.05) is 0 Å². The molecular formula is C9H14Cl2O2.